The van der Waals surface area contributed by atoms with Crippen molar-refractivity contribution in [2.45, 2.75) is 32.5 Å². The number of aromatic amines is 1. The summed E-state index contributed by atoms with van der Waals surface area (Å²) in [6.07, 6.45) is -6.42. The van der Waals surface area contributed by atoms with Gasteiger partial charge >= 0.3 is 12.1 Å². The maximum Gasteiger partial charge on any atom is 0.397 e. The van der Waals surface area contributed by atoms with Crippen molar-refractivity contribution >= 4 is 11.9 Å². The minimum atomic E-state index is -4.69. The lowest BCUT2D eigenvalue weighted by molar-refractivity contribution is -0.157. The lowest BCUT2D eigenvalue weighted by Crippen LogP contribution is -2.36. The van der Waals surface area contributed by atoms with Crippen LogP contribution >= 0.6 is 0 Å². The molecule has 1 rings (SSSR count). The van der Waals surface area contributed by atoms with Crippen LogP contribution in [0.2, 0.25) is 0 Å². The van der Waals surface area contributed by atoms with Crippen molar-refractivity contribution < 1.29 is 27.9 Å². The highest BCUT2D eigenvalue weighted by Crippen LogP contribution is 2.23. The summed E-state index contributed by atoms with van der Waals surface area (Å²) in [7, 11) is 0. The molecular weight excluding hydrogens is 267 g/mol. The third-order valence-electron chi connectivity index (χ3n) is 2.39. The number of nitrogens with one attached hydrogen (secondary N) is 2. The summed E-state index contributed by atoms with van der Waals surface area (Å²) in [4.78, 5) is 22.2. The van der Waals surface area contributed by atoms with Gasteiger partial charge in [-0.1, -0.05) is 0 Å². The summed E-state index contributed by atoms with van der Waals surface area (Å²) in [6.45, 7) is 3.01. The van der Waals surface area contributed by atoms with Crippen molar-refractivity contribution in [1.29, 1.82) is 0 Å². The Labute approximate surface area is 106 Å². The standard InChI is InChI=1S/C10H12F3N3O3/c1-4-7(5(2)16-15-4)8(9(18)19)14-6(17)3-10(11,12)13/h8H,3H2,1-2H3,(H,14,17)(H,15,16)(H,18,19)/t8-/m0/s1. The van der Waals surface area contributed by atoms with Crippen LogP contribution in [0.3, 0.4) is 0 Å². The maximum atomic E-state index is 12.0. The van der Waals surface area contributed by atoms with Crippen molar-refractivity contribution in [2.24, 2.45) is 0 Å². The third kappa shape index (κ3) is 3.97. The van der Waals surface area contributed by atoms with Crippen LogP contribution in [0, 0.1) is 13.8 Å². The molecule has 1 heterocycles. The predicted molar refractivity (Wildman–Crippen MR) is 57.3 cm³/mol. The number of H-pyrrole nitrogens is 1. The second kappa shape index (κ2) is 5.29. The van der Waals surface area contributed by atoms with E-state index in [1.165, 1.54) is 13.8 Å². The second-order valence-electron chi connectivity index (χ2n) is 3.98. The highest BCUT2D eigenvalue weighted by Gasteiger charge is 2.34. The number of carboxylic acid groups (broad SMARTS) is 1. The van der Waals surface area contributed by atoms with Crippen LogP contribution in [-0.2, 0) is 9.59 Å². The first-order valence-corrected chi connectivity index (χ1v) is 5.22. The van der Waals surface area contributed by atoms with Gasteiger partial charge in [-0.2, -0.15) is 18.3 Å². The molecule has 0 aliphatic carbocycles. The van der Waals surface area contributed by atoms with E-state index in [4.69, 9.17) is 5.11 Å². The fraction of sp³-hybridized carbons (Fsp3) is 0.500. The number of alkyl halides is 3. The van der Waals surface area contributed by atoms with E-state index in [1.54, 1.807) is 0 Å². The molecule has 0 saturated carbocycles. The van der Waals surface area contributed by atoms with E-state index in [9.17, 15) is 22.8 Å². The van der Waals surface area contributed by atoms with Crippen molar-refractivity contribution in [3.63, 3.8) is 0 Å². The minimum Gasteiger partial charge on any atom is -0.479 e. The first-order chi connectivity index (χ1) is 8.61. The molecule has 0 bridgehead atoms. The number of amides is 1. The first-order valence-electron chi connectivity index (χ1n) is 5.22. The Morgan fingerprint density at radius 1 is 1.42 bits per heavy atom. The summed E-state index contributed by atoms with van der Waals surface area (Å²) in [5, 5.41) is 17.1. The van der Waals surface area contributed by atoms with Crippen LogP contribution < -0.4 is 5.32 Å². The summed E-state index contributed by atoms with van der Waals surface area (Å²) >= 11 is 0. The monoisotopic (exact) mass is 279 g/mol. The number of hydrogen-bond acceptors (Lipinski definition) is 3. The van der Waals surface area contributed by atoms with E-state index < -0.39 is 30.5 Å². The average molecular weight is 279 g/mol. The molecule has 6 nitrogen and oxygen atoms in total. The molecule has 1 aromatic heterocycles. The normalized spacial score (nSPS) is 13.1. The molecule has 0 unspecified atom stereocenters. The molecule has 19 heavy (non-hydrogen) atoms. The molecule has 9 heteroatoms. The Bertz CT molecular complexity index is 476. The molecule has 0 aliphatic heterocycles. The molecule has 3 N–H and O–H groups in total. The van der Waals surface area contributed by atoms with Gasteiger partial charge < -0.3 is 10.4 Å². The van der Waals surface area contributed by atoms with E-state index in [2.05, 4.69) is 10.2 Å². The van der Waals surface area contributed by atoms with Gasteiger partial charge in [0.25, 0.3) is 0 Å². The molecular formula is C10H12F3N3O3. The SMILES string of the molecule is Cc1n[nH]c(C)c1[C@H](NC(=O)CC(F)(F)F)C(=O)O. The molecule has 1 atom stereocenters. The Morgan fingerprint density at radius 3 is 2.37 bits per heavy atom. The summed E-state index contributed by atoms with van der Waals surface area (Å²) < 4.78 is 36.1. The Balaban J connectivity index is 2.92. The fourth-order valence-corrected chi connectivity index (χ4v) is 1.64. The first kappa shape index (κ1) is 15.0. The van der Waals surface area contributed by atoms with Gasteiger partial charge in [-0.3, -0.25) is 9.89 Å². The number of carboxylic acids is 1. The fourth-order valence-electron chi connectivity index (χ4n) is 1.64. The van der Waals surface area contributed by atoms with Gasteiger partial charge in [0.1, 0.15) is 6.42 Å². The number of aromatic nitrogens is 2. The van der Waals surface area contributed by atoms with Gasteiger partial charge in [-0.15, -0.1) is 0 Å². The Morgan fingerprint density at radius 2 is 2.00 bits per heavy atom. The number of aliphatic carboxylic acids is 1. The summed E-state index contributed by atoms with van der Waals surface area (Å²) in [5.41, 5.74) is 0.831. The van der Waals surface area contributed by atoms with Gasteiger partial charge in [0.2, 0.25) is 5.91 Å². The van der Waals surface area contributed by atoms with Crippen LogP contribution in [0.1, 0.15) is 29.4 Å². The van der Waals surface area contributed by atoms with E-state index >= 15 is 0 Å². The van der Waals surface area contributed by atoms with Crippen LogP contribution in [0.25, 0.3) is 0 Å². The lowest BCUT2D eigenvalue weighted by Gasteiger charge is -2.15. The average Bonchev–Trinajstić information content (AvgIpc) is 2.52. The molecule has 0 aromatic carbocycles. The van der Waals surface area contributed by atoms with Crippen molar-refractivity contribution in [1.82, 2.24) is 15.5 Å². The Hall–Kier alpha value is -2.06. The number of aryl methyl sites for hydroxylation is 2. The lowest BCUT2D eigenvalue weighted by atomic mass is 10.0. The van der Waals surface area contributed by atoms with E-state index in [-0.39, 0.29) is 5.56 Å². The molecule has 0 radical (unpaired) electrons. The molecule has 0 saturated heterocycles. The zero-order valence-corrected chi connectivity index (χ0v) is 10.1. The van der Waals surface area contributed by atoms with Crippen molar-refractivity contribution in [3.8, 4) is 0 Å². The number of rotatable bonds is 4. The van der Waals surface area contributed by atoms with Gasteiger partial charge in [0.05, 0.1) is 5.69 Å². The zero-order chi connectivity index (χ0) is 14.8. The third-order valence-corrected chi connectivity index (χ3v) is 2.39. The molecule has 106 valence electrons. The van der Waals surface area contributed by atoms with Crippen molar-refractivity contribution in [2.75, 3.05) is 0 Å². The number of hydrogen-bond donors (Lipinski definition) is 3. The van der Waals surface area contributed by atoms with Crippen LogP contribution in [-0.4, -0.2) is 33.4 Å². The topological polar surface area (TPSA) is 95.1 Å². The number of carbonyl (C=O) groups is 2. The molecule has 0 fully saturated rings. The van der Waals surface area contributed by atoms with Crippen LogP contribution in [0.15, 0.2) is 0 Å². The van der Waals surface area contributed by atoms with Gasteiger partial charge in [0.15, 0.2) is 6.04 Å². The zero-order valence-electron chi connectivity index (χ0n) is 10.1. The van der Waals surface area contributed by atoms with Crippen LogP contribution in [0.5, 0.6) is 0 Å². The highest BCUT2D eigenvalue weighted by atomic mass is 19.4. The highest BCUT2D eigenvalue weighted by molar-refractivity contribution is 5.85. The van der Waals surface area contributed by atoms with E-state index in [0.717, 1.165) is 0 Å². The molecule has 1 amide bonds. The van der Waals surface area contributed by atoms with Gasteiger partial charge in [0, 0.05) is 11.3 Å². The van der Waals surface area contributed by atoms with Gasteiger partial charge in [-0.05, 0) is 13.8 Å². The summed E-state index contributed by atoms with van der Waals surface area (Å²) in [6, 6.07) is -1.56. The number of nitrogens with zero attached hydrogens (tertiary/aromatic N) is 1. The molecule has 0 spiro atoms. The van der Waals surface area contributed by atoms with Crippen LogP contribution in [0.4, 0.5) is 13.2 Å². The minimum absolute atomic E-state index is 0.156. The quantitative estimate of drug-likeness (QED) is 0.772. The number of halogens is 3. The van der Waals surface area contributed by atoms with E-state index in [1.807, 2.05) is 5.32 Å². The Kier molecular flexibility index (Phi) is 4.17. The second-order valence-corrected chi connectivity index (χ2v) is 3.98. The smallest absolute Gasteiger partial charge is 0.397 e. The van der Waals surface area contributed by atoms with E-state index in [0.29, 0.717) is 11.4 Å². The summed E-state index contributed by atoms with van der Waals surface area (Å²) in [5.74, 6) is -2.86. The molecule has 0 aliphatic rings. The number of carbonyl (C=O) groups excluding carboxylic acids is 1. The van der Waals surface area contributed by atoms with Gasteiger partial charge in [-0.25, -0.2) is 4.79 Å². The molecule has 1 aromatic rings. The predicted octanol–water partition coefficient (Wildman–Crippen LogP) is 1.22. The maximum absolute atomic E-state index is 12.0. The largest absolute Gasteiger partial charge is 0.479 e. The van der Waals surface area contributed by atoms with Crippen molar-refractivity contribution in [3.05, 3.63) is 17.0 Å².